The number of urea groups is 1. The molecule has 21 heavy (non-hydrogen) atoms. The molecule has 0 fully saturated rings. The minimum absolute atomic E-state index is 0.0228. The second-order valence-corrected chi connectivity index (χ2v) is 4.52. The third kappa shape index (κ3) is 4.64. The number of aromatic carboxylic acids is 1. The van der Waals surface area contributed by atoms with Gasteiger partial charge in [-0.3, -0.25) is 4.79 Å². The molecule has 3 amide bonds. The van der Waals surface area contributed by atoms with E-state index in [-0.39, 0.29) is 23.0 Å². The van der Waals surface area contributed by atoms with Crippen LogP contribution in [0.15, 0.2) is 18.2 Å². The first-order valence-corrected chi connectivity index (χ1v) is 6.56. The van der Waals surface area contributed by atoms with E-state index < -0.39 is 12.0 Å². The van der Waals surface area contributed by atoms with Crippen molar-refractivity contribution < 1.29 is 19.5 Å². The van der Waals surface area contributed by atoms with Gasteiger partial charge >= 0.3 is 12.0 Å². The Bertz CT molecular complexity index is 562. The number of rotatable bonds is 5. The van der Waals surface area contributed by atoms with E-state index in [1.807, 2.05) is 0 Å². The van der Waals surface area contributed by atoms with Crippen molar-refractivity contribution in [1.29, 1.82) is 0 Å². The second-order valence-electron chi connectivity index (χ2n) is 4.12. The fraction of sp³-hybridized carbons (Fsp3) is 0.308. The summed E-state index contributed by atoms with van der Waals surface area (Å²) >= 11 is 5.82. The first-order valence-electron chi connectivity index (χ1n) is 6.18. The summed E-state index contributed by atoms with van der Waals surface area (Å²) in [5, 5.41) is 13.9. The first-order chi connectivity index (χ1) is 9.88. The number of anilines is 1. The van der Waals surface area contributed by atoms with E-state index in [4.69, 9.17) is 16.7 Å². The molecule has 0 atom stereocenters. The van der Waals surface area contributed by atoms with Crippen LogP contribution in [0.2, 0.25) is 5.02 Å². The predicted molar refractivity (Wildman–Crippen MR) is 78.7 cm³/mol. The fourth-order valence-electron chi connectivity index (χ4n) is 1.55. The summed E-state index contributed by atoms with van der Waals surface area (Å²) in [4.78, 5) is 35.4. The average molecular weight is 314 g/mol. The maximum absolute atomic E-state index is 12.0. The van der Waals surface area contributed by atoms with E-state index in [0.717, 1.165) is 0 Å². The van der Waals surface area contributed by atoms with Crippen LogP contribution in [-0.4, -0.2) is 48.1 Å². The second kappa shape index (κ2) is 7.49. The van der Waals surface area contributed by atoms with Gasteiger partial charge < -0.3 is 20.6 Å². The molecule has 0 unspecified atom stereocenters. The number of carboxylic acids is 1. The molecule has 8 heteroatoms. The van der Waals surface area contributed by atoms with E-state index in [9.17, 15) is 14.4 Å². The van der Waals surface area contributed by atoms with E-state index in [2.05, 4.69) is 10.6 Å². The number of nitrogens with zero attached hydrogens (tertiary/aromatic N) is 1. The zero-order valence-corrected chi connectivity index (χ0v) is 12.4. The Balaban J connectivity index is 2.80. The molecular formula is C13H16ClN3O4. The summed E-state index contributed by atoms with van der Waals surface area (Å²) in [7, 11) is 1.48. The Morgan fingerprint density at radius 3 is 2.48 bits per heavy atom. The molecule has 0 aliphatic rings. The van der Waals surface area contributed by atoms with Crippen molar-refractivity contribution in [1.82, 2.24) is 10.2 Å². The summed E-state index contributed by atoms with van der Waals surface area (Å²) in [5.74, 6) is -1.43. The van der Waals surface area contributed by atoms with Crippen LogP contribution >= 0.6 is 11.6 Å². The van der Waals surface area contributed by atoms with Gasteiger partial charge in [0.1, 0.15) is 6.54 Å². The zero-order chi connectivity index (χ0) is 16.0. The molecule has 0 aromatic heterocycles. The standard InChI is InChI=1S/C13H16ClN3O4/c1-3-17(7-11(18)15-2)13(21)16-8-4-5-9(12(19)20)10(14)6-8/h4-6H,3,7H2,1-2H3,(H,15,18)(H,16,21)(H,19,20). The Morgan fingerprint density at radius 2 is 2.00 bits per heavy atom. The molecule has 114 valence electrons. The number of carbonyl (C=O) groups is 3. The van der Waals surface area contributed by atoms with E-state index >= 15 is 0 Å². The van der Waals surface area contributed by atoms with E-state index in [1.54, 1.807) is 6.92 Å². The highest BCUT2D eigenvalue weighted by Crippen LogP contribution is 2.21. The summed E-state index contributed by atoms with van der Waals surface area (Å²) in [6, 6.07) is 3.60. The maximum atomic E-state index is 12.0. The third-order valence-corrected chi connectivity index (χ3v) is 3.05. The summed E-state index contributed by atoms with van der Waals surface area (Å²) in [6.45, 7) is 2.02. The molecule has 0 spiro atoms. The number of nitrogens with one attached hydrogen (secondary N) is 2. The van der Waals surface area contributed by atoms with Crippen LogP contribution in [0, 0.1) is 0 Å². The average Bonchev–Trinajstić information content (AvgIpc) is 2.43. The van der Waals surface area contributed by atoms with Crippen molar-refractivity contribution in [2.75, 3.05) is 25.5 Å². The lowest BCUT2D eigenvalue weighted by Gasteiger charge is -2.20. The molecule has 1 rings (SSSR count). The van der Waals surface area contributed by atoms with Crippen LogP contribution < -0.4 is 10.6 Å². The Labute approximate surface area is 126 Å². The molecule has 0 aliphatic heterocycles. The SMILES string of the molecule is CCN(CC(=O)NC)C(=O)Nc1ccc(C(=O)O)c(Cl)c1. The molecule has 3 N–H and O–H groups in total. The van der Waals surface area contributed by atoms with Crippen molar-refractivity contribution in [2.24, 2.45) is 0 Å². The quantitative estimate of drug-likeness (QED) is 0.769. The van der Waals surface area contributed by atoms with Gasteiger partial charge in [0.15, 0.2) is 0 Å². The van der Waals surface area contributed by atoms with Gasteiger partial charge in [-0.25, -0.2) is 9.59 Å². The molecule has 7 nitrogen and oxygen atoms in total. The molecule has 0 aliphatic carbocycles. The smallest absolute Gasteiger partial charge is 0.337 e. The summed E-state index contributed by atoms with van der Waals surface area (Å²) < 4.78 is 0. The van der Waals surface area contributed by atoms with Gasteiger partial charge in [-0.1, -0.05) is 11.6 Å². The van der Waals surface area contributed by atoms with Crippen LogP contribution in [0.3, 0.4) is 0 Å². The molecule has 0 bridgehead atoms. The highest BCUT2D eigenvalue weighted by atomic mass is 35.5. The van der Waals surface area contributed by atoms with E-state index in [1.165, 1.54) is 30.1 Å². The van der Waals surface area contributed by atoms with Gasteiger partial charge in [-0.2, -0.15) is 0 Å². The van der Waals surface area contributed by atoms with Gasteiger partial charge in [0, 0.05) is 19.3 Å². The Hall–Kier alpha value is -2.28. The van der Waals surface area contributed by atoms with Crippen molar-refractivity contribution >= 4 is 35.2 Å². The van der Waals surface area contributed by atoms with Crippen molar-refractivity contribution in [3.8, 4) is 0 Å². The lowest BCUT2D eigenvalue weighted by Crippen LogP contribution is -2.41. The molecule has 1 aromatic carbocycles. The van der Waals surface area contributed by atoms with Crippen LogP contribution in [0.5, 0.6) is 0 Å². The predicted octanol–water partition coefficient (Wildman–Crippen LogP) is 1.64. The van der Waals surface area contributed by atoms with Crippen LogP contribution in [0.25, 0.3) is 0 Å². The first kappa shape index (κ1) is 16.8. The monoisotopic (exact) mass is 313 g/mol. The number of amides is 3. The molecule has 1 aromatic rings. The highest BCUT2D eigenvalue weighted by molar-refractivity contribution is 6.33. The van der Waals surface area contributed by atoms with Crippen LogP contribution in [-0.2, 0) is 4.79 Å². The van der Waals surface area contributed by atoms with Gasteiger partial charge in [0.25, 0.3) is 0 Å². The molecule has 0 heterocycles. The molecule has 0 radical (unpaired) electrons. The highest BCUT2D eigenvalue weighted by Gasteiger charge is 2.16. The largest absolute Gasteiger partial charge is 0.478 e. The number of hydrogen-bond acceptors (Lipinski definition) is 3. The van der Waals surface area contributed by atoms with Crippen molar-refractivity contribution in [3.63, 3.8) is 0 Å². The topological polar surface area (TPSA) is 98.7 Å². The molecular weight excluding hydrogens is 298 g/mol. The summed E-state index contributed by atoms with van der Waals surface area (Å²) in [6.07, 6.45) is 0. The molecule has 0 saturated heterocycles. The zero-order valence-electron chi connectivity index (χ0n) is 11.6. The third-order valence-electron chi connectivity index (χ3n) is 2.73. The number of likely N-dealkylation sites (N-methyl/N-ethyl adjacent to an activating group) is 2. The lowest BCUT2D eigenvalue weighted by atomic mass is 10.2. The number of benzene rings is 1. The number of carboxylic acid groups (broad SMARTS) is 1. The van der Waals surface area contributed by atoms with Gasteiger partial charge in [0.2, 0.25) is 5.91 Å². The van der Waals surface area contributed by atoms with Gasteiger partial charge in [0.05, 0.1) is 10.6 Å². The minimum atomic E-state index is -1.15. The number of hydrogen-bond donors (Lipinski definition) is 3. The minimum Gasteiger partial charge on any atom is -0.478 e. The molecule has 0 saturated carbocycles. The van der Waals surface area contributed by atoms with Crippen LogP contribution in [0.4, 0.5) is 10.5 Å². The van der Waals surface area contributed by atoms with Gasteiger partial charge in [-0.15, -0.1) is 0 Å². The normalized spacial score (nSPS) is 9.86. The summed E-state index contributed by atoms with van der Waals surface area (Å²) in [5.41, 5.74) is 0.303. The maximum Gasteiger partial charge on any atom is 0.337 e. The van der Waals surface area contributed by atoms with E-state index in [0.29, 0.717) is 12.2 Å². The van der Waals surface area contributed by atoms with Crippen molar-refractivity contribution in [3.05, 3.63) is 28.8 Å². The lowest BCUT2D eigenvalue weighted by molar-refractivity contribution is -0.121. The van der Waals surface area contributed by atoms with Crippen LogP contribution in [0.1, 0.15) is 17.3 Å². The fourth-order valence-corrected chi connectivity index (χ4v) is 1.81. The number of halogens is 1. The Morgan fingerprint density at radius 1 is 1.33 bits per heavy atom. The number of carbonyl (C=O) groups excluding carboxylic acids is 2. The Kier molecular flexibility index (Phi) is 5.98. The van der Waals surface area contributed by atoms with Gasteiger partial charge in [-0.05, 0) is 25.1 Å². The van der Waals surface area contributed by atoms with Crippen molar-refractivity contribution in [2.45, 2.75) is 6.92 Å².